The number of para-hydroxylation sites is 2. The Bertz CT molecular complexity index is 1230. The lowest BCUT2D eigenvalue weighted by atomic mass is 9.97. The molecule has 3 rings (SSSR count). The van der Waals surface area contributed by atoms with E-state index in [-0.39, 0.29) is 24.9 Å². The van der Waals surface area contributed by atoms with Gasteiger partial charge in [0.05, 0.1) is 19.7 Å². The average Bonchev–Trinajstić information content (AvgIpc) is 3.32. The van der Waals surface area contributed by atoms with Crippen LogP contribution in [0.25, 0.3) is 11.0 Å². The zero-order valence-corrected chi connectivity index (χ0v) is 23.2. The Hall–Kier alpha value is -3.66. The standard InChI is InChI=1S/C28H39N5O5/c1-7-28(3,4)29-27(35)25(20-13-11-16-23(36-5)26(20)37-6)32(17-12-18-38-8-2)24(34)19-33-22-15-10-9-14-21(22)30-31-33/h9-11,13-16,25H,7-8,12,17-19H2,1-6H3,(H,29,35)/t25-/m0/s1. The Morgan fingerprint density at radius 3 is 2.53 bits per heavy atom. The average molecular weight is 526 g/mol. The highest BCUT2D eigenvalue weighted by Crippen LogP contribution is 2.38. The van der Waals surface area contributed by atoms with Crippen LogP contribution in [0.4, 0.5) is 0 Å². The van der Waals surface area contributed by atoms with E-state index in [0.717, 1.165) is 5.52 Å². The zero-order chi connectivity index (χ0) is 27.7. The molecule has 0 saturated heterocycles. The van der Waals surface area contributed by atoms with Crippen LogP contribution in [0, 0.1) is 0 Å². The molecule has 38 heavy (non-hydrogen) atoms. The highest BCUT2D eigenvalue weighted by molar-refractivity contribution is 5.90. The van der Waals surface area contributed by atoms with Gasteiger partial charge in [-0.1, -0.05) is 36.4 Å². The van der Waals surface area contributed by atoms with E-state index in [0.29, 0.717) is 48.6 Å². The van der Waals surface area contributed by atoms with Crippen LogP contribution in [0.2, 0.25) is 0 Å². The molecule has 2 amide bonds. The fourth-order valence-corrected chi connectivity index (χ4v) is 4.20. The molecule has 206 valence electrons. The van der Waals surface area contributed by atoms with Crippen molar-refractivity contribution in [2.24, 2.45) is 0 Å². The molecule has 0 fully saturated rings. The van der Waals surface area contributed by atoms with Gasteiger partial charge in [0.25, 0.3) is 0 Å². The van der Waals surface area contributed by atoms with Crippen LogP contribution in [-0.4, -0.2) is 71.2 Å². The summed E-state index contributed by atoms with van der Waals surface area (Å²) in [5.41, 5.74) is 1.48. The van der Waals surface area contributed by atoms with Crippen molar-refractivity contribution in [3.05, 3.63) is 48.0 Å². The Morgan fingerprint density at radius 1 is 1.08 bits per heavy atom. The first-order chi connectivity index (χ1) is 18.3. The van der Waals surface area contributed by atoms with Crippen LogP contribution < -0.4 is 14.8 Å². The summed E-state index contributed by atoms with van der Waals surface area (Å²) in [6, 6.07) is 11.8. The molecule has 1 atom stereocenters. The second kappa shape index (κ2) is 13.2. The van der Waals surface area contributed by atoms with Gasteiger partial charge in [-0.2, -0.15) is 0 Å². The third kappa shape index (κ3) is 6.80. The van der Waals surface area contributed by atoms with Gasteiger partial charge in [0.1, 0.15) is 18.1 Å². The molecule has 1 aromatic heterocycles. The minimum Gasteiger partial charge on any atom is -0.493 e. The summed E-state index contributed by atoms with van der Waals surface area (Å²) in [4.78, 5) is 29.5. The molecule has 0 spiro atoms. The summed E-state index contributed by atoms with van der Waals surface area (Å²) in [5.74, 6) is 0.285. The first-order valence-electron chi connectivity index (χ1n) is 12.9. The predicted molar refractivity (Wildman–Crippen MR) is 145 cm³/mol. The number of methoxy groups -OCH3 is 2. The summed E-state index contributed by atoms with van der Waals surface area (Å²) >= 11 is 0. The molecule has 0 aliphatic carbocycles. The molecule has 0 saturated carbocycles. The molecule has 0 unspecified atom stereocenters. The Morgan fingerprint density at radius 2 is 1.84 bits per heavy atom. The van der Waals surface area contributed by atoms with E-state index in [1.807, 2.05) is 52.0 Å². The first kappa shape index (κ1) is 28.9. The van der Waals surface area contributed by atoms with Crippen molar-refractivity contribution >= 4 is 22.8 Å². The number of carbonyl (C=O) groups is 2. The number of amides is 2. The van der Waals surface area contributed by atoms with E-state index in [2.05, 4.69) is 15.6 Å². The van der Waals surface area contributed by atoms with Gasteiger partial charge in [-0.15, -0.1) is 5.10 Å². The van der Waals surface area contributed by atoms with Crippen molar-refractivity contribution in [2.75, 3.05) is 34.0 Å². The molecule has 0 aliphatic heterocycles. The monoisotopic (exact) mass is 525 g/mol. The number of hydrogen-bond acceptors (Lipinski definition) is 7. The second-order valence-corrected chi connectivity index (χ2v) is 9.59. The van der Waals surface area contributed by atoms with E-state index < -0.39 is 11.6 Å². The lowest BCUT2D eigenvalue weighted by Crippen LogP contribution is -2.51. The van der Waals surface area contributed by atoms with Crippen LogP contribution in [0.15, 0.2) is 42.5 Å². The number of nitrogens with zero attached hydrogens (tertiary/aromatic N) is 4. The van der Waals surface area contributed by atoms with Crippen LogP contribution in [0.1, 0.15) is 52.1 Å². The molecule has 10 heteroatoms. The van der Waals surface area contributed by atoms with Gasteiger partial charge in [-0.25, -0.2) is 4.68 Å². The molecule has 0 radical (unpaired) electrons. The van der Waals surface area contributed by atoms with E-state index in [1.165, 1.54) is 14.2 Å². The first-order valence-corrected chi connectivity index (χ1v) is 12.9. The van der Waals surface area contributed by atoms with Gasteiger partial charge in [-0.05, 0) is 51.8 Å². The SMILES string of the molecule is CCOCCCN(C(=O)Cn1nnc2ccccc21)[C@H](C(=O)NC(C)(C)CC)c1cccc(OC)c1OC. The fraction of sp³-hybridized carbons (Fsp3) is 0.500. The van der Waals surface area contributed by atoms with Crippen LogP contribution >= 0.6 is 0 Å². The summed E-state index contributed by atoms with van der Waals surface area (Å²) < 4.78 is 18.3. The number of aromatic nitrogens is 3. The van der Waals surface area contributed by atoms with Crippen molar-refractivity contribution < 1.29 is 23.8 Å². The van der Waals surface area contributed by atoms with Crippen molar-refractivity contribution in [3.8, 4) is 11.5 Å². The number of carbonyl (C=O) groups excluding carboxylic acids is 2. The topological polar surface area (TPSA) is 108 Å². The van der Waals surface area contributed by atoms with E-state index in [1.54, 1.807) is 27.8 Å². The molecule has 1 heterocycles. The second-order valence-electron chi connectivity index (χ2n) is 9.59. The van der Waals surface area contributed by atoms with Crippen LogP contribution in [0.5, 0.6) is 11.5 Å². The van der Waals surface area contributed by atoms with Gasteiger partial charge < -0.3 is 24.4 Å². The maximum atomic E-state index is 14.0. The summed E-state index contributed by atoms with van der Waals surface area (Å²) in [6.07, 6.45) is 1.26. The van der Waals surface area contributed by atoms with Crippen molar-refractivity contribution in [2.45, 2.75) is 58.7 Å². The number of ether oxygens (including phenoxy) is 3. The third-order valence-electron chi connectivity index (χ3n) is 6.55. The number of nitrogens with one attached hydrogen (secondary N) is 1. The Balaban J connectivity index is 2.08. The quantitative estimate of drug-likeness (QED) is 0.319. The van der Waals surface area contributed by atoms with Crippen molar-refractivity contribution in [1.82, 2.24) is 25.2 Å². The fourth-order valence-electron chi connectivity index (χ4n) is 4.20. The zero-order valence-electron chi connectivity index (χ0n) is 23.2. The summed E-state index contributed by atoms with van der Waals surface area (Å²) in [6.45, 7) is 9.05. The maximum Gasteiger partial charge on any atom is 0.248 e. The lowest BCUT2D eigenvalue weighted by Gasteiger charge is -2.35. The predicted octanol–water partition coefficient (Wildman–Crippen LogP) is 3.75. The van der Waals surface area contributed by atoms with Gasteiger partial charge in [0.15, 0.2) is 11.5 Å². The van der Waals surface area contributed by atoms with Crippen molar-refractivity contribution in [1.29, 1.82) is 0 Å². The van der Waals surface area contributed by atoms with Gasteiger partial charge >= 0.3 is 0 Å². The summed E-state index contributed by atoms with van der Waals surface area (Å²) in [7, 11) is 3.06. The minimum atomic E-state index is -0.977. The van der Waals surface area contributed by atoms with Crippen molar-refractivity contribution in [3.63, 3.8) is 0 Å². The van der Waals surface area contributed by atoms with E-state index in [9.17, 15) is 9.59 Å². The van der Waals surface area contributed by atoms with E-state index >= 15 is 0 Å². The number of fused-ring (bicyclic) bond motifs is 1. The third-order valence-corrected chi connectivity index (χ3v) is 6.55. The van der Waals surface area contributed by atoms with Gasteiger partial charge in [0.2, 0.25) is 11.8 Å². The Kier molecular flexibility index (Phi) is 10.1. The largest absolute Gasteiger partial charge is 0.493 e. The van der Waals surface area contributed by atoms with Crippen LogP contribution in [-0.2, 0) is 20.9 Å². The highest BCUT2D eigenvalue weighted by atomic mass is 16.5. The summed E-state index contributed by atoms with van der Waals surface area (Å²) in [5, 5.41) is 11.5. The molecular weight excluding hydrogens is 486 g/mol. The lowest BCUT2D eigenvalue weighted by molar-refractivity contribution is -0.142. The number of benzene rings is 2. The number of rotatable bonds is 14. The number of hydrogen-bond donors (Lipinski definition) is 1. The van der Waals surface area contributed by atoms with E-state index in [4.69, 9.17) is 14.2 Å². The molecule has 2 aromatic carbocycles. The molecule has 3 aromatic rings. The Labute approximate surface area is 224 Å². The van der Waals surface area contributed by atoms with Gasteiger partial charge in [0, 0.05) is 30.9 Å². The normalized spacial score (nSPS) is 12.3. The molecule has 10 nitrogen and oxygen atoms in total. The molecule has 0 aliphatic rings. The van der Waals surface area contributed by atoms with Gasteiger partial charge in [-0.3, -0.25) is 9.59 Å². The molecule has 1 N–H and O–H groups in total. The highest BCUT2D eigenvalue weighted by Gasteiger charge is 2.36. The maximum absolute atomic E-state index is 14.0. The minimum absolute atomic E-state index is 0.0810. The molecular formula is C28H39N5O5. The smallest absolute Gasteiger partial charge is 0.248 e. The molecule has 0 bridgehead atoms. The van der Waals surface area contributed by atoms with Crippen LogP contribution in [0.3, 0.4) is 0 Å².